The number of likely N-dealkylation sites (tertiary alicyclic amines) is 1. The summed E-state index contributed by atoms with van der Waals surface area (Å²) in [5.74, 6) is 0.578. The monoisotopic (exact) mass is 330 g/mol. The summed E-state index contributed by atoms with van der Waals surface area (Å²) in [6, 6.07) is 7.06. The molecule has 1 aromatic rings. The van der Waals surface area contributed by atoms with Crippen LogP contribution in [0.2, 0.25) is 0 Å². The van der Waals surface area contributed by atoms with E-state index in [1.807, 2.05) is 6.07 Å². The zero-order valence-electron chi connectivity index (χ0n) is 14.3. The van der Waals surface area contributed by atoms with Crippen LogP contribution in [-0.2, 0) is 4.79 Å². The normalized spacial score (nSPS) is 21.5. The zero-order chi connectivity index (χ0) is 16.9. The molecule has 1 saturated heterocycles. The molecule has 3 rings (SSSR count). The first-order chi connectivity index (χ1) is 11.7. The van der Waals surface area contributed by atoms with Crippen LogP contribution in [0.5, 0.6) is 5.75 Å². The Bertz CT molecular complexity index is 596. The van der Waals surface area contributed by atoms with E-state index in [9.17, 15) is 9.59 Å². The van der Waals surface area contributed by atoms with Crippen molar-refractivity contribution in [3.63, 3.8) is 0 Å². The fourth-order valence-corrected chi connectivity index (χ4v) is 3.75. The summed E-state index contributed by atoms with van der Waals surface area (Å²) in [6.07, 6.45) is 7.36. The molecular formula is C19H26N2O3. The van der Waals surface area contributed by atoms with Gasteiger partial charge in [-0.15, -0.1) is 0 Å². The number of nitrogens with zero attached hydrogens (tertiary/aromatic N) is 1. The zero-order valence-corrected chi connectivity index (χ0v) is 14.3. The molecule has 1 aromatic carbocycles. The lowest BCUT2D eigenvalue weighted by Crippen LogP contribution is -2.49. The molecular weight excluding hydrogens is 304 g/mol. The van der Waals surface area contributed by atoms with Crippen molar-refractivity contribution in [3.8, 4) is 5.75 Å². The Morgan fingerprint density at radius 1 is 1.12 bits per heavy atom. The third kappa shape index (κ3) is 3.71. The number of hydrogen-bond acceptors (Lipinski definition) is 3. The summed E-state index contributed by atoms with van der Waals surface area (Å²) in [7, 11) is 1.58. The molecule has 0 bridgehead atoms. The van der Waals surface area contributed by atoms with E-state index in [2.05, 4.69) is 5.32 Å². The minimum absolute atomic E-state index is 0.00986. The minimum Gasteiger partial charge on any atom is -0.497 e. The topological polar surface area (TPSA) is 58.6 Å². The summed E-state index contributed by atoms with van der Waals surface area (Å²) in [5, 5.41) is 3.16. The van der Waals surface area contributed by atoms with E-state index < -0.39 is 0 Å². The number of ether oxygens (including phenoxy) is 1. The first kappa shape index (κ1) is 16.8. The van der Waals surface area contributed by atoms with E-state index in [-0.39, 0.29) is 23.9 Å². The van der Waals surface area contributed by atoms with Gasteiger partial charge in [0, 0.05) is 18.2 Å². The number of carbonyl (C=O) groups is 2. The van der Waals surface area contributed by atoms with Gasteiger partial charge in [0.1, 0.15) is 11.8 Å². The Balaban J connectivity index is 1.67. The molecule has 1 aliphatic carbocycles. The Morgan fingerprint density at radius 3 is 2.67 bits per heavy atom. The van der Waals surface area contributed by atoms with Gasteiger partial charge in [0.05, 0.1) is 7.11 Å². The summed E-state index contributed by atoms with van der Waals surface area (Å²) in [5.41, 5.74) is 0.576. The second kappa shape index (κ2) is 7.69. The van der Waals surface area contributed by atoms with Crippen LogP contribution < -0.4 is 10.1 Å². The summed E-state index contributed by atoms with van der Waals surface area (Å²) in [6.45, 7) is 0.638. The molecule has 0 unspecified atom stereocenters. The average molecular weight is 330 g/mol. The second-order valence-corrected chi connectivity index (χ2v) is 6.73. The number of benzene rings is 1. The number of carbonyl (C=O) groups excluding carboxylic acids is 2. The van der Waals surface area contributed by atoms with E-state index in [0.717, 1.165) is 25.7 Å². The molecule has 0 aromatic heterocycles. The first-order valence-electron chi connectivity index (χ1n) is 8.94. The van der Waals surface area contributed by atoms with Gasteiger partial charge >= 0.3 is 0 Å². The Hall–Kier alpha value is -2.04. The highest BCUT2D eigenvalue weighted by Crippen LogP contribution is 2.23. The Kier molecular flexibility index (Phi) is 5.38. The maximum Gasteiger partial charge on any atom is 0.254 e. The molecule has 5 nitrogen and oxygen atoms in total. The number of nitrogens with one attached hydrogen (secondary N) is 1. The Morgan fingerprint density at radius 2 is 1.92 bits per heavy atom. The number of rotatable bonds is 4. The molecule has 1 heterocycles. The highest BCUT2D eigenvalue weighted by molar-refractivity contribution is 5.98. The molecule has 24 heavy (non-hydrogen) atoms. The Labute approximate surface area is 143 Å². The number of hydrogen-bond donors (Lipinski definition) is 1. The van der Waals surface area contributed by atoms with Gasteiger partial charge in [-0.2, -0.15) is 0 Å². The molecule has 0 radical (unpaired) electrons. The number of amides is 2. The van der Waals surface area contributed by atoms with E-state index in [1.165, 1.54) is 19.3 Å². The average Bonchev–Trinajstić information content (AvgIpc) is 3.12. The highest BCUT2D eigenvalue weighted by atomic mass is 16.5. The van der Waals surface area contributed by atoms with Crippen LogP contribution in [0.3, 0.4) is 0 Å². The quantitative estimate of drug-likeness (QED) is 0.923. The third-order valence-corrected chi connectivity index (χ3v) is 5.08. The molecule has 130 valence electrons. The van der Waals surface area contributed by atoms with Gasteiger partial charge < -0.3 is 15.0 Å². The molecule has 1 aliphatic heterocycles. The molecule has 1 N–H and O–H groups in total. The van der Waals surface area contributed by atoms with E-state index >= 15 is 0 Å². The fraction of sp³-hybridized carbons (Fsp3) is 0.579. The molecule has 2 aliphatic rings. The van der Waals surface area contributed by atoms with E-state index in [0.29, 0.717) is 17.9 Å². The predicted octanol–water partition coefficient (Wildman–Crippen LogP) is 2.75. The van der Waals surface area contributed by atoms with Crippen molar-refractivity contribution in [2.75, 3.05) is 13.7 Å². The second-order valence-electron chi connectivity index (χ2n) is 6.73. The summed E-state index contributed by atoms with van der Waals surface area (Å²) in [4.78, 5) is 27.2. The van der Waals surface area contributed by atoms with Crippen molar-refractivity contribution >= 4 is 11.8 Å². The third-order valence-electron chi connectivity index (χ3n) is 5.08. The first-order valence-corrected chi connectivity index (χ1v) is 8.94. The SMILES string of the molecule is COc1cccc(C(=O)N2CCC[C@@H]2C(=O)NC2CCCCC2)c1. The molecule has 2 amide bonds. The van der Waals surface area contributed by atoms with Crippen molar-refractivity contribution in [1.82, 2.24) is 10.2 Å². The van der Waals surface area contributed by atoms with Gasteiger partial charge in [0.2, 0.25) is 5.91 Å². The molecule has 0 spiro atoms. The van der Waals surface area contributed by atoms with E-state index in [4.69, 9.17) is 4.74 Å². The van der Waals surface area contributed by atoms with Crippen LogP contribution in [-0.4, -0.2) is 42.5 Å². The number of methoxy groups -OCH3 is 1. The van der Waals surface area contributed by atoms with Crippen molar-refractivity contribution in [3.05, 3.63) is 29.8 Å². The fourth-order valence-electron chi connectivity index (χ4n) is 3.75. The maximum absolute atomic E-state index is 12.8. The van der Waals surface area contributed by atoms with Crippen molar-refractivity contribution < 1.29 is 14.3 Å². The molecule has 1 atom stereocenters. The summed E-state index contributed by atoms with van der Waals surface area (Å²) >= 11 is 0. The van der Waals surface area contributed by atoms with Gasteiger partial charge in [-0.05, 0) is 43.9 Å². The summed E-state index contributed by atoms with van der Waals surface area (Å²) < 4.78 is 5.19. The maximum atomic E-state index is 12.8. The van der Waals surface area contributed by atoms with Gasteiger partial charge in [-0.1, -0.05) is 25.3 Å². The van der Waals surface area contributed by atoms with Gasteiger partial charge in [-0.25, -0.2) is 0 Å². The van der Waals surface area contributed by atoms with Crippen molar-refractivity contribution in [1.29, 1.82) is 0 Å². The lowest BCUT2D eigenvalue weighted by molar-refractivity contribution is -0.125. The van der Waals surface area contributed by atoms with Crippen LogP contribution in [0.25, 0.3) is 0 Å². The standard InChI is InChI=1S/C19H26N2O3/c1-24-16-10-5-7-14(13-16)19(23)21-12-6-11-17(21)18(22)20-15-8-3-2-4-9-15/h5,7,10,13,15,17H,2-4,6,8-9,11-12H2,1H3,(H,20,22)/t17-/m1/s1. The smallest absolute Gasteiger partial charge is 0.254 e. The van der Waals surface area contributed by atoms with Gasteiger partial charge in [0.15, 0.2) is 0 Å². The van der Waals surface area contributed by atoms with Crippen LogP contribution >= 0.6 is 0 Å². The minimum atomic E-state index is -0.342. The van der Waals surface area contributed by atoms with Crippen molar-refractivity contribution in [2.45, 2.75) is 57.0 Å². The lowest BCUT2D eigenvalue weighted by Gasteiger charge is -2.28. The van der Waals surface area contributed by atoms with Crippen molar-refractivity contribution in [2.24, 2.45) is 0 Å². The van der Waals surface area contributed by atoms with Gasteiger partial charge in [-0.3, -0.25) is 9.59 Å². The molecule has 2 fully saturated rings. The van der Waals surface area contributed by atoms with Gasteiger partial charge in [0.25, 0.3) is 5.91 Å². The predicted molar refractivity (Wildman–Crippen MR) is 92.1 cm³/mol. The van der Waals surface area contributed by atoms with Crippen LogP contribution in [0, 0.1) is 0 Å². The molecule has 5 heteroatoms. The largest absolute Gasteiger partial charge is 0.497 e. The lowest BCUT2D eigenvalue weighted by atomic mass is 9.95. The van der Waals surface area contributed by atoms with Crippen LogP contribution in [0.15, 0.2) is 24.3 Å². The van der Waals surface area contributed by atoms with Crippen LogP contribution in [0.1, 0.15) is 55.3 Å². The van der Waals surface area contributed by atoms with Crippen LogP contribution in [0.4, 0.5) is 0 Å². The highest BCUT2D eigenvalue weighted by Gasteiger charge is 2.35. The molecule has 1 saturated carbocycles. The van der Waals surface area contributed by atoms with E-state index in [1.54, 1.807) is 30.2 Å².